The van der Waals surface area contributed by atoms with Crippen LogP contribution in [0.4, 0.5) is 4.39 Å². The molecule has 4 nitrogen and oxygen atoms in total. The third-order valence-corrected chi connectivity index (χ3v) is 3.75. The van der Waals surface area contributed by atoms with Gasteiger partial charge >= 0.3 is 0 Å². The van der Waals surface area contributed by atoms with E-state index in [1.807, 2.05) is 0 Å². The molecule has 1 saturated heterocycles. The number of aryl methyl sites for hydroxylation is 1. The molecule has 0 aliphatic carbocycles. The van der Waals surface area contributed by atoms with Gasteiger partial charge in [0.05, 0.1) is 5.56 Å². The summed E-state index contributed by atoms with van der Waals surface area (Å²) in [5, 5.41) is 2.79. The molecule has 0 atom stereocenters. The van der Waals surface area contributed by atoms with E-state index >= 15 is 0 Å². The smallest absolute Gasteiger partial charge is 0.254 e. The number of carbonyl (C=O) groups excluding carboxylic acids is 1. The van der Waals surface area contributed by atoms with Crippen LogP contribution in [0.15, 0.2) is 18.2 Å². The molecule has 1 heterocycles. The Morgan fingerprint density at radius 2 is 2.00 bits per heavy atom. The average molecular weight is 279 g/mol. The Balaban J connectivity index is 1.79. The zero-order valence-corrected chi connectivity index (χ0v) is 12.2. The van der Waals surface area contributed by atoms with Crippen LogP contribution < -0.4 is 5.32 Å². The zero-order chi connectivity index (χ0) is 14.5. The number of hydrogen-bond acceptors (Lipinski definition) is 3. The van der Waals surface area contributed by atoms with Crippen molar-refractivity contribution in [2.45, 2.75) is 6.92 Å². The second-order valence-corrected chi connectivity index (χ2v) is 5.34. The number of hydrogen-bond donors (Lipinski definition) is 1. The monoisotopic (exact) mass is 279 g/mol. The number of rotatable bonds is 4. The van der Waals surface area contributed by atoms with Gasteiger partial charge in [0.2, 0.25) is 0 Å². The summed E-state index contributed by atoms with van der Waals surface area (Å²) in [5.74, 6) is -0.759. The SMILES string of the molecule is Cc1cccc(C(=O)NCCN2CCN(C)CC2)c1F. The molecule has 1 aromatic carbocycles. The number of amides is 1. The second-order valence-electron chi connectivity index (χ2n) is 5.34. The molecule has 110 valence electrons. The summed E-state index contributed by atoms with van der Waals surface area (Å²) in [6.07, 6.45) is 0. The molecule has 0 unspecified atom stereocenters. The molecular formula is C15H22FN3O. The van der Waals surface area contributed by atoms with Gasteiger partial charge in [-0.1, -0.05) is 12.1 Å². The third-order valence-electron chi connectivity index (χ3n) is 3.75. The summed E-state index contributed by atoms with van der Waals surface area (Å²) in [6, 6.07) is 4.89. The number of halogens is 1. The molecule has 2 rings (SSSR count). The van der Waals surface area contributed by atoms with E-state index in [9.17, 15) is 9.18 Å². The molecule has 1 aliphatic rings. The zero-order valence-electron chi connectivity index (χ0n) is 12.2. The number of nitrogens with one attached hydrogen (secondary N) is 1. The highest BCUT2D eigenvalue weighted by atomic mass is 19.1. The molecule has 20 heavy (non-hydrogen) atoms. The Labute approximate surface area is 119 Å². The number of benzene rings is 1. The van der Waals surface area contributed by atoms with Crippen molar-refractivity contribution in [2.24, 2.45) is 0 Å². The van der Waals surface area contributed by atoms with Crippen LogP contribution >= 0.6 is 0 Å². The van der Waals surface area contributed by atoms with Crippen molar-refractivity contribution in [3.63, 3.8) is 0 Å². The first-order valence-corrected chi connectivity index (χ1v) is 7.02. The van der Waals surface area contributed by atoms with Crippen LogP contribution in [0.5, 0.6) is 0 Å². The fraction of sp³-hybridized carbons (Fsp3) is 0.533. The minimum atomic E-state index is -0.426. The lowest BCUT2D eigenvalue weighted by atomic mass is 10.1. The predicted octanol–water partition coefficient (Wildman–Crippen LogP) is 1.11. The van der Waals surface area contributed by atoms with E-state index in [0.717, 1.165) is 32.7 Å². The second kappa shape index (κ2) is 6.81. The molecule has 0 bridgehead atoms. The van der Waals surface area contributed by atoms with Gasteiger partial charge in [-0.05, 0) is 25.6 Å². The van der Waals surface area contributed by atoms with E-state index in [1.165, 1.54) is 6.07 Å². The van der Waals surface area contributed by atoms with E-state index in [1.54, 1.807) is 19.1 Å². The molecule has 1 aromatic rings. The van der Waals surface area contributed by atoms with Gasteiger partial charge in [-0.3, -0.25) is 9.69 Å². The van der Waals surface area contributed by atoms with Crippen molar-refractivity contribution >= 4 is 5.91 Å². The predicted molar refractivity (Wildman–Crippen MR) is 77.4 cm³/mol. The largest absolute Gasteiger partial charge is 0.351 e. The van der Waals surface area contributed by atoms with E-state index in [4.69, 9.17) is 0 Å². The highest BCUT2D eigenvalue weighted by Gasteiger charge is 2.15. The van der Waals surface area contributed by atoms with Crippen LogP contribution in [0.3, 0.4) is 0 Å². The van der Waals surface area contributed by atoms with Gasteiger partial charge in [-0.15, -0.1) is 0 Å². The molecule has 0 saturated carbocycles. The quantitative estimate of drug-likeness (QED) is 0.897. The molecule has 0 spiro atoms. The van der Waals surface area contributed by atoms with Gasteiger partial charge in [0.25, 0.3) is 5.91 Å². The lowest BCUT2D eigenvalue weighted by Crippen LogP contribution is -2.46. The first-order valence-electron chi connectivity index (χ1n) is 7.02. The van der Waals surface area contributed by atoms with Gasteiger partial charge in [0, 0.05) is 39.3 Å². The molecule has 1 N–H and O–H groups in total. The maximum atomic E-state index is 13.8. The van der Waals surface area contributed by atoms with Crippen molar-refractivity contribution in [1.29, 1.82) is 0 Å². The van der Waals surface area contributed by atoms with Gasteiger partial charge < -0.3 is 10.2 Å². The van der Waals surface area contributed by atoms with Crippen LogP contribution in [0, 0.1) is 12.7 Å². The van der Waals surface area contributed by atoms with E-state index in [0.29, 0.717) is 12.1 Å². The summed E-state index contributed by atoms with van der Waals surface area (Å²) < 4.78 is 13.8. The van der Waals surface area contributed by atoms with Crippen molar-refractivity contribution < 1.29 is 9.18 Å². The lowest BCUT2D eigenvalue weighted by molar-refractivity contribution is 0.0937. The van der Waals surface area contributed by atoms with Crippen LogP contribution in [0.1, 0.15) is 15.9 Å². The van der Waals surface area contributed by atoms with Gasteiger partial charge in [-0.25, -0.2) is 4.39 Å². The molecule has 0 radical (unpaired) electrons. The average Bonchev–Trinajstić information content (AvgIpc) is 2.44. The Hall–Kier alpha value is -1.46. The summed E-state index contributed by atoms with van der Waals surface area (Å²) >= 11 is 0. The Bertz CT molecular complexity index is 470. The Morgan fingerprint density at radius 1 is 1.30 bits per heavy atom. The lowest BCUT2D eigenvalue weighted by Gasteiger charge is -2.32. The molecule has 1 fully saturated rings. The first-order chi connectivity index (χ1) is 9.58. The number of nitrogens with zero attached hydrogens (tertiary/aromatic N) is 2. The van der Waals surface area contributed by atoms with E-state index < -0.39 is 5.82 Å². The molecule has 0 aromatic heterocycles. The highest BCUT2D eigenvalue weighted by Crippen LogP contribution is 2.11. The number of piperazine rings is 1. The first kappa shape index (κ1) is 14.9. The standard InChI is InChI=1S/C15H22FN3O/c1-12-4-3-5-13(14(12)16)15(20)17-6-7-19-10-8-18(2)9-11-19/h3-5H,6-11H2,1-2H3,(H,17,20). The summed E-state index contributed by atoms with van der Waals surface area (Å²) in [6.45, 7) is 7.18. The minimum absolute atomic E-state index is 0.128. The van der Waals surface area contributed by atoms with Crippen molar-refractivity contribution in [2.75, 3.05) is 46.3 Å². The van der Waals surface area contributed by atoms with E-state index in [2.05, 4.69) is 22.2 Å². The van der Waals surface area contributed by atoms with Crippen LogP contribution in [-0.2, 0) is 0 Å². The number of likely N-dealkylation sites (N-methyl/N-ethyl adjacent to an activating group) is 1. The summed E-state index contributed by atoms with van der Waals surface area (Å²) in [7, 11) is 2.11. The fourth-order valence-corrected chi connectivity index (χ4v) is 2.32. The van der Waals surface area contributed by atoms with Crippen LogP contribution in [0.25, 0.3) is 0 Å². The van der Waals surface area contributed by atoms with Crippen LogP contribution in [0.2, 0.25) is 0 Å². The third kappa shape index (κ3) is 3.77. The Kier molecular flexibility index (Phi) is 5.09. The fourth-order valence-electron chi connectivity index (χ4n) is 2.32. The molecule has 1 amide bonds. The van der Waals surface area contributed by atoms with Crippen LogP contribution in [-0.4, -0.2) is 62.0 Å². The number of carbonyl (C=O) groups is 1. The molecule has 5 heteroatoms. The maximum Gasteiger partial charge on any atom is 0.254 e. The van der Waals surface area contributed by atoms with Crippen molar-refractivity contribution in [1.82, 2.24) is 15.1 Å². The van der Waals surface area contributed by atoms with Crippen molar-refractivity contribution in [3.05, 3.63) is 35.1 Å². The summed E-state index contributed by atoms with van der Waals surface area (Å²) in [5.41, 5.74) is 0.625. The van der Waals surface area contributed by atoms with Crippen molar-refractivity contribution in [3.8, 4) is 0 Å². The van der Waals surface area contributed by atoms with E-state index in [-0.39, 0.29) is 11.5 Å². The van der Waals surface area contributed by atoms with Gasteiger partial charge in [-0.2, -0.15) is 0 Å². The maximum absolute atomic E-state index is 13.8. The summed E-state index contributed by atoms with van der Waals surface area (Å²) in [4.78, 5) is 16.5. The van der Waals surface area contributed by atoms with Gasteiger partial charge in [0.1, 0.15) is 5.82 Å². The Morgan fingerprint density at radius 3 is 2.70 bits per heavy atom. The normalized spacial score (nSPS) is 17.1. The topological polar surface area (TPSA) is 35.6 Å². The molecule has 1 aliphatic heterocycles. The minimum Gasteiger partial charge on any atom is -0.351 e. The highest BCUT2D eigenvalue weighted by molar-refractivity contribution is 5.94. The molecular weight excluding hydrogens is 257 g/mol. The van der Waals surface area contributed by atoms with Gasteiger partial charge in [0.15, 0.2) is 0 Å².